The first kappa shape index (κ1) is 18.5. The molecule has 3 heterocycles. The Bertz CT molecular complexity index is 951. The zero-order chi connectivity index (χ0) is 19.8. The topological polar surface area (TPSA) is 67.2 Å². The molecule has 1 N–H and O–H groups in total. The number of rotatable bonds is 3. The molecule has 1 aromatic heterocycles. The van der Waals surface area contributed by atoms with E-state index in [4.69, 9.17) is 0 Å². The second kappa shape index (κ2) is 7.29. The summed E-state index contributed by atoms with van der Waals surface area (Å²) in [5, 5.41) is 2.24. The van der Waals surface area contributed by atoms with E-state index in [-0.39, 0.29) is 17.4 Å². The largest absolute Gasteiger partial charge is 0.337 e. The third-order valence-electron chi connectivity index (χ3n) is 5.20. The van der Waals surface area contributed by atoms with Gasteiger partial charge in [-0.1, -0.05) is 0 Å². The number of anilines is 1. The van der Waals surface area contributed by atoms with Crippen molar-refractivity contribution in [1.29, 1.82) is 0 Å². The fourth-order valence-electron chi connectivity index (χ4n) is 3.76. The van der Waals surface area contributed by atoms with Crippen LogP contribution < -0.4 is 5.32 Å². The van der Waals surface area contributed by atoms with Crippen molar-refractivity contribution in [3.63, 3.8) is 0 Å². The molecule has 4 rings (SSSR count). The summed E-state index contributed by atoms with van der Waals surface area (Å²) in [4.78, 5) is 31.5. The first-order valence-electron chi connectivity index (χ1n) is 9.31. The van der Waals surface area contributed by atoms with Gasteiger partial charge in [-0.3, -0.25) is 9.59 Å². The van der Waals surface area contributed by atoms with Crippen molar-refractivity contribution < 1.29 is 22.8 Å². The molecular formula is C19H19F3N4O2. The van der Waals surface area contributed by atoms with Crippen LogP contribution in [0.5, 0.6) is 0 Å². The molecule has 148 valence electrons. The number of nitrogens with one attached hydrogen (secondary N) is 1. The van der Waals surface area contributed by atoms with Gasteiger partial charge in [0.05, 0.1) is 11.4 Å². The molecule has 1 fully saturated rings. The fourth-order valence-corrected chi connectivity index (χ4v) is 3.76. The highest BCUT2D eigenvalue weighted by molar-refractivity contribution is 6.03. The first-order valence-corrected chi connectivity index (χ1v) is 9.31. The van der Waals surface area contributed by atoms with E-state index in [0.717, 1.165) is 37.8 Å². The Morgan fingerprint density at radius 3 is 2.43 bits per heavy atom. The number of hydrogen-bond acceptors (Lipinski definition) is 3. The summed E-state index contributed by atoms with van der Waals surface area (Å²) in [6.07, 6.45) is 4.19. The van der Waals surface area contributed by atoms with Crippen molar-refractivity contribution >= 4 is 17.5 Å². The Kier molecular flexibility index (Phi) is 4.82. The van der Waals surface area contributed by atoms with Crippen LogP contribution in [-0.2, 0) is 13.0 Å². The lowest BCUT2D eigenvalue weighted by Gasteiger charge is -2.18. The maximum atomic E-state index is 13.9. The monoisotopic (exact) mass is 392 g/mol. The molecule has 2 aliphatic rings. The molecule has 0 unspecified atom stereocenters. The summed E-state index contributed by atoms with van der Waals surface area (Å²) in [6, 6.07) is 1.68. The van der Waals surface area contributed by atoms with Gasteiger partial charge in [-0.15, -0.1) is 0 Å². The fraction of sp³-hybridized carbons (Fsp3) is 0.421. The van der Waals surface area contributed by atoms with Gasteiger partial charge in [-0.2, -0.15) is 0 Å². The Hall–Kier alpha value is -2.84. The third kappa shape index (κ3) is 3.14. The Morgan fingerprint density at radius 1 is 0.964 bits per heavy atom. The molecule has 0 saturated carbocycles. The van der Waals surface area contributed by atoms with E-state index < -0.39 is 29.0 Å². The van der Waals surface area contributed by atoms with Gasteiger partial charge in [0.15, 0.2) is 23.3 Å². The molecule has 2 aliphatic heterocycles. The lowest BCUT2D eigenvalue weighted by atomic mass is 10.1. The van der Waals surface area contributed by atoms with Gasteiger partial charge in [0, 0.05) is 19.6 Å². The smallest absolute Gasteiger partial charge is 0.291 e. The summed E-state index contributed by atoms with van der Waals surface area (Å²) in [7, 11) is 0. The highest BCUT2D eigenvalue weighted by Gasteiger charge is 2.31. The molecule has 6 nitrogen and oxygen atoms in total. The molecule has 0 spiro atoms. The predicted molar refractivity (Wildman–Crippen MR) is 94.6 cm³/mol. The number of imidazole rings is 1. The highest BCUT2D eigenvalue weighted by atomic mass is 19.2. The summed E-state index contributed by atoms with van der Waals surface area (Å²) in [5.74, 6) is -5.48. The summed E-state index contributed by atoms with van der Waals surface area (Å²) < 4.78 is 42.1. The molecular weight excluding hydrogens is 373 g/mol. The maximum absolute atomic E-state index is 13.9. The van der Waals surface area contributed by atoms with Crippen molar-refractivity contribution in [2.45, 2.75) is 38.6 Å². The van der Waals surface area contributed by atoms with Crippen LogP contribution in [0.1, 0.15) is 52.5 Å². The number of halogens is 3. The van der Waals surface area contributed by atoms with Crippen LogP contribution in [0.25, 0.3) is 0 Å². The van der Waals surface area contributed by atoms with Crippen LogP contribution >= 0.6 is 0 Å². The van der Waals surface area contributed by atoms with Crippen LogP contribution in [-0.4, -0.2) is 39.4 Å². The minimum Gasteiger partial charge on any atom is -0.337 e. The van der Waals surface area contributed by atoms with Crippen molar-refractivity contribution in [3.8, 4) is 0 Å². The van der Waals surface area contributed by atoms with Gasteiger partial charge in [-0.25, -0.2) is 18.2 Å². The molecule has 1 aromatic carbocycles. The van der Waals surface area contributed by atoms with E-state index in [0.29, 0.717) is 31.7 Å². The molecule has 0 bridgehead atoms. The van der Waals surface area contributed by atoms with Gasteiger partial charge >= 0.3 is 0 Å². The van der Waals surface area contributed by atoms with Crippen molar-refractivity contribution in [2.75, 3.05) is 18.4 Å². The molecule has 1 saturated heterocycles. The molecule has 0 radical (unpaired) electrons. The van der Waals surface area contributed by atoms with E-state index in [1.165, 1.54) is 0 Å². The standard InChI is InChI=1S/C19H19F3N4O2/c20-11-6-7-12(15(22)14(11)21)23-18(27)17-24-16(13-5-1-2-10-26(13)17)19(28)25-8-3-4-9-25/h6-7H,1-5,8-10H2,(H,23,27). The number of fused-ring (bicyclic) bond motifs is 1. The zero-order valence-corrected chi connectivity index (χ0v) is 15.1. The van der Waals surface area contributed by atoms with Crippen molar-refractivity contribution in [1.82, 2.24) is 14.5 Å². The van der Waals surface area contributed by atoms with Gasteiger partial charge in [-0.05, 0) is 44.2 Å². The van der Waals surface area contributed by atoms with Gasteiger partial charge in [0.1, 0.15) is 5.69 Å². The summed E-state index contributed by atoms with van der Waals surface area (Å²) in [5.41, 5.74) is 0.459. The van der Waals surface area contributed by atoms with Gasteiger partial charge < -0.3 is 14.8 Å². The van der Waals surface area contributed by atoms with Crippen LogP contribution in [0, 0.1) is 17.5 Å². The lowest BCUT2D eigenvalue weighted by Crippen LogP contribution is -2.29. The Balaban J connectivity index is 1.66. The number of nitrogens with zero attached hydrogens (tertiary/aromatic N) is 3. The SMILES string of the molecule is O=C(Nc1ccc(F)c(F)c1F)c1nc(C(=O)N2CCCC2)c2n1CCCC2. The molecule has 0 atom stereocenters. The van der Waals surface area contributed by atoms with Crippen molar-refractivity contribution in [3.05, 3.63) is 46.8 Å². The van der Waals surface area contributed by atoms with Crippen LogP contribution in [0.4, 0.5) is 18.9 Å². The third-order valence-corrected chi connectivity index (χ3v) is 5.20. The van der Waals surface area contributed by atoms with E-state index >= 15 is 0 Å². The molecule has 0 aliphatic carbocycles. The average Bonchev–Trinajstić information content (AvgIpc) is 3.36. The average molecular weight is 392 g/mol. The minimum absolute atomic E-state index is 0.0265. The number of aromatic nitrogens is 2. The van der Waals surface area contributed by atoms with E-state index in [2.05, 4.69) is 10.3 Å². The number of carbonyl (C=O) groups is 2. The minimum atomic E-state index is -1.66. The molecule has 28 heavy (non-hydrogen) atoms. The Labute approximate surface area is 159 Å². The number of likely N-dealkylation sites (tertiary alicyclic amines) is 1. The quantitative estimate of drug-likeness (QED) is 0.817. The zero-order valence-electron chi connectivity index (χ0n) is 15.1. The predicted octanol–water partition coefficient (Wildman–Crippen LogP) is 3.13. The van der Waals surface area contributed by atoms with E-state index in [9.17, 15) is 22.8 Å². The number of hydrogen-bond donors (Lipinski definition) is 1. The van der Waals surface area contributed by atoms with Crippen molar-refractivity contribution in [2.24, 2.45) is 0 Å². The van der Waals surface area contributed by atoms with E-state index in [1.807, 2.05) is 0 Å². The van der Waals surface area contributed by atoms with E-state index in [1.54, 1.807) is 9.47 Å². The summed E-state index contributed by atoms with van der Waals surface area (Å²) >= 11 is 0. The molecule has 2 aromatic rings. The van der Waals surface area contributed by atoms with Crippen LogP contribution in [0.2, 0.25) is 0 Å². The second-order valence-electron chi connectivity index (χ2n) is 7.02. The van der Waals surface area contributed by atoms with Crippen LogP contribution in [0.3, 0.4) is 0 Å². The molecule has 9 heteroatoms. The normalized spacial score (nSPS) is 16.2. The lowest BCUT2D eigenvalue weighted by molar-refractivity contribution is 0.0786. The highest BCUT2D eigenvalue weighted by Crippen LogP contribution is 2.25. The first-order chi connectivity index (χ1) is 13.5. The van der Waals surface area contributed by atoms with Crippen LogP contribution in [0.15, 0.2) is 12.1 Å². The number of amides is 2. The number of benzene rings is 1. The summed E-state index contributed by atoms with van der Waals surface area (Å²) in [6.45, 7) is 1.83. The maximum Gasteiger partial charge on any atom is 0.291 e. The molecule has 2 amide bonds. The van der Waals surface area contributed by atoms with Gasteiger partial charge in [0.2, 0.25) is 0 Å². The number of carbonyl (C=O) groups excluding carboxylic acids is 2. The second-order valence-corrected chi connectivity index (χ2v) is 7.02. The Morgan fingerprint density at radius 2 is 1.68 bits per heavy atom. The van der Waals surface area contributed by atoms with Gasteiger partial charge in [0.25, 0.3) is 11.8 Å².